The molecule has 1 aliphatic heterocycles. The second-order valence-electron chi connectivity index (χ2n) is 6.92. The van der Waals surface area contributed by atoms with Gasteiger partial charge in [-0.05, 0) is 54.4 Å². The zero-order chi connectivity index (χ0) is 21.8. The first-order valence-corrected chi connectivity index (χ1v) is 11.1. The number of imide groups is 1. The fourth-order valence-corrected chi connectivity index (χ4v) is 4.45. The van der Waals surface area contributed by atoms with E-state index in [1.807, 2.05) is 61.5 Å². The fraction of sp³-hybridized carbons (Fsp3) is 0.120. The standard InChI is InChI=1S/C25H20ClNO3S/c1-2-15-30-20-13-11-17(12-14-20)22-23(31-21-9-4-3-5-10-21)25(29)27(24(22)28)19-8-6-7-18(26)16-19/h3-14,16H,2,15H2,1H3. The van der Waals surface area contributed by atoms with E-state index in [4.69, 9.17) is 16.3 Å². The topological polar surface area (TPSA) is 46.6 Å². The highest BCUT2D eigenvalue weighted by Crippen LogP contribution is 2.41. The van der Waals surface area contributed by atoms with E-state index in [2.05, 4.69) is 0 Å². The molecule has 0 aromatic heterocycles. The Bertz CT molecular complexity index is 1140. The zero-order valence-corrected chi connectivity index (χ0v) is 18.5. The summed E-state index contributed by atoms with van der Waals surface area (Å²) < 4.78 is 5.65. The second-order valence-corrected chi connectivity index (χ2v) is 8.44. The van der Waals surface area contributed by atoms with Crippen molar-refractivity contribution in [3.8, 4) is 5.75 Å². The van der Waals surface area contributed by atoms with Crippen molar-refractivity contribution in [1.29, 1.82) is 0 Å². The molecular formula is C25H20ClNO3S. The maximum Gasteiger partial charge on any atom is 0.272 e. The Balaban J connectivity index is 1.76. The van der Waals surface area contributed by atoms with Crippen molar-refractivity contribution in [3.05, 3.63) is 94.4 Å². The third kappa shape index (κ3) is 4.53. The molecule has 0 atom stereocenters. The van der Waals surface area contributed by atoms with Crippen LogP contribution in [-0.2, 0) is 9.59 Å². The van der Waals surface area contributed by atoms with E-state index in [0.29, 0.717) is 33.4 Å². The molecule has 0 saturated carbocycles. The first-order valence-electron chi connectivity index (χ1n) is 9.93. The van der Waals surface area contributed by atoms with E-state index >= 15 is 0 Å². The average molecular weight is 450 g/mol. The monoisotopic (exact) mass is 449 g/mol. The van der Waals surface area contributed by atoms with E-state index in [1.165, 1.54) is 16.7 Å². The van der Waals surface area contributed by atoms with Crippen LogP contribution in [0.1, 0.15) is 18.9 Å². The molecular weight excluding hydrogens is 430 g/mol. The van der Waals surface area contributed by atoms with Gasteiger partial charge in [0, 0.05) is 9.92 Å². The summed E-state index contributed by atoms with van der Waals surface area (Å²) in [7, 11) is 0. The minimum absolute atomic E-state index is 0.359. The number of anilines is 1. The molecule has 0 bridgehead atoms. The van der Waals surface area contributed by atoms with Gasteiger partial charge in [-0.1, -0.05) is 66.7 Å². The summed E-state index contributed by atoms with van der Waals surface area (Å²) in [6.07, 6.45) is 0.909. The van der Waals surface area contributed by atoms with Gasteiger partial charge >= 0.3 is 0 Å². The molecule has 31 heavy (non-hydrogen) atoms. The fourth-order valence-electron chi connectivity index (χ4n) is 3.25. The molecule has 0 radical (unpaired) electrons. The van der Waals surface area contributed by atoms with Gasteiger partial charge in [-0.15, -0.1) is 0 Å². The first-order chi connectivity index (χ1) is 15.1. The van der Waals surface area contributed by atoms with Gasteiger partial charge in [-0.3, -0.25) is 9.59 Å². The Labute approximate surface area is 190 Å². The number of amides is 2. The normalized spacial score (nSPS) is 13.8. The Morgan fingerprint density at radius 2 is 1.65 bits per heavy atom. The van der Waals surface area contributed by atoms with Gasteiger partial charge in [0.15, 0.2) is 0 Å². The van der Waals surface area contributed by atoms with Crippen molar-refractivity contribution in [1.82, 2.24) is 0 Å². The molecule has 0 N–H and O–H groups in total. The van der Waals surface area contributed by atoms with Crippen molar-refractivity contribution in [2.24, 2.45) is 0 Å². The Hall–Kier alpha value is -3.02. The number of carbonyl (C=O) groups excluding carboxylic acids is 2. The van der Waals surface area contributed by atoms with Gasteiger partial charge in [-0.2, -0.15) is 0 Å². The van der Waals surface area contributed by atoms with Crippen molar-refractivity contribution >= 4 is 46.4 Å². The number of thioether (sulfide) groups is 1. The Morgan fingerprint density at radius 3 is 2.32 bits per heavy atom. The summed E-state index contributed by atoms with van der Waals surface area (Å²) >= 11 is 7.41. The van der Waals surface area contributed by atoms with Gasteiger partial charge in [0.05, 0.1) is 22.8 Å². The predicted molar refractivity (Wildman–Crippen MR) is 125 cm³/mol. The summed E-state index contributed by atoms with van der Waals surface area (Å²) in [4.78, 5) is 29.3. The van der Waals surface area contributed by atoms with E-state index in [1.54, 1.807) is 24.3 Å². The van der Waals surface area contributed by atoms with Crippen molar-refractivity contribution < 1.29 is 14.3 Å². The lowest BCUT2D eigenvalue weighted by molar-refractivity contribution is -0.119. The van der Waals surface area contributed by atoms with Crippen LogP contribution in [0.25, 0.3) is 5.57 Å². The summed E-state index contributed by atoms with van der Waals surface area (Å²) in [5.41, 5.74) is 1.50. The van der Waals surface area contributed by atoms with Crippen LogP contribution < -0.4 is 9.64 Å². The first kappa shape index (κ1) is 21.2. The van der Waals surface area contributed by atoms with Crippen molar-refractivity contribution in [2.45, 2.75) is 18.2 Å². The molecule has 0 unspecified atom stereocenters. The zero-order valence-electron chi connectivity index (χ0n) is 16.9. The largest absolute Gasteiger partial charge is 0.494 e. The van der Waals surface area contributed by atoms with E-state index in [9.17, 15) is 9.59 Å². The van der Waals surface area contributed by atoms with Crippen LogP contribution in [0, 0.1) is 0 Å². The van der Waals surface area contributed by atoms with Crippen LogP contribution in [0.15, 0.2) is 88.7 Å². The molecule has 0 spiro atoms. The highest BCUT2D eigenvalue weighted by Gasteiger charge is 2.40. The number of hydrogen-bond acceptors (Lipinski definition) is 4. The number of hydrogen-bond donors (Lipinski definition) is 0. The lowest BCUT2D eigenvalue weighted by atomic mass is 10.1. The molecule has 1 heterocycles. The SMILES string of the molecule is CCCOc1ccc(C2=C(Sc3ccccc3)C(=O)N(c3cccc(Cl)c3)C2=O)cc1. The quantitative estimate of drug-likeness (QED) is 0.402. The van der Waals surface area contributed by atoms with Crippen LogP contribution in [0.5, 0.6) is 5.75 Å². The highest BCUT2D eigenvalue weighted by molar-refractivity contribution is 8.04. The van der Waals surface area contributed by atoms with Gasteiger partial charge in [0.1, 0.15) is 5.75 Å². The van der Waals surface area contributed by atoms with Gasteiger partial charge in [-0.25, -0.2) is 4.90 Å². The number of halogens is 1. The number of nitrogens with zero attached hydrogens (tertiary/aromatic N) is 1. The maximum absolute atomic E-state index is 13.4. The van der Waals surface area contributed by atoms with Gasteiger partial charge in [0.2, 0.25) is 0 Å². The van der Waals surface area contributed by atoms with E-state index < -0.39 is 0 Å². The van der Waals surface area contributed by atoms with Gasteiger partial charge < -0.3 is 4.74 Å². The number of carbonyl (C=O) groups is 2. The molecule has 3 aromatic rings. The molecule has 0 aliphatic carbocycles. The molecule has 0 saturated heterocycles. The van der Waals surface area contributed by atoms with Crippen LogP contribution in [0.4, 0.5) is 5.69 Å². The van der Waals surface area contributed by atoms with Crippen LogP contribution >= 0.6 is 23.4 Å². The molecule has 4 rings (SSSR count). The van der Waals surface area contributed by atoms with E-state index in [0.717, 1.165) is 17.1 Å². The predicted octanol–water partition coefficient (Wildman–Crippen LogP) is 6.21. The van der Waals surface area contributed by atoms with Crippen LogP contribution in [0.2, 0.25) is 5.02 Å². The molecule has 4 nitrogen and oxygen atoms in total. The smallest absolute Gasteiger partial charge is 0.272 e. The number of benzene rings is 3. The lowest BCUT2D eigenvalue weighted by Gasteiger charge is -2.15. The highest BCUT2D eigenvalue weighted by atomic mass is 35.5. The minimum atomic E-state index is -0.368. The van der Waals surface area contributed by atoms with Crippen LogP contribution in [-0.4, -0.2) is 18.4 Å². The summed E-state index contributed by atoms with van der Waals surface area (Å²) in [5.74, 6) is 0.00212. The third-order valence-corrected chi connectivity index (χ3v) is 6.01. The van der Waals surface area contributed by atoms with Gasteiger partial charge in [0.25, 0.3) is 11.8 Å². The number of ether oxygens (including phenoxy) is 1. The lowest BCUT2D eigenvalue weighted by Crippen LogP contribution is -2.31. The van der Waals surface area contributed by atoms with E-state index in [-0.39, 0.29) is 11.8 Å². The second kappa shape index (κ2) is 9.41. The summed E-state index contributed by atoms with van der Waals surface area (Å²) in [6, 6.07) is 23.6. The van der Waals surface area contributed by atoms with Crippen LogP contribution in [0.3, 0.4) is 0 Å². The number of rotatable bonds is 7. The average Bonchev–Trinajstić information content (AvgIpc) is 3.03. The Kier molecular flexibility index (Phi) is 6.44. The van der Waals surface area contributed by atoms with Crippen molar-refractivity contribution in [2.75, 3.05) is 11.5 Å². The maximum atomic E-state index is 13.4. The third-order valence-electron chi connectivity index (χ3n) is 4.69. The molecule has 0 fully saturated rings. The summed E-state index contributed by atoms with van der Waals surface area (Å²) in [5, 5.41) is 0.459. The summed E-state index contributed by atoms with van der Waals surface area (Å²) in [6.45, 7) is 2.66. The molecule has 156 valence electrons. The molecule has 6 heteroatoms. The van der Waals surface area contributed by atoms with Crippen molar-refractivity contribution in [3.63, 3.8) is 0 Å². The Morgan fingerprint density at radius 1 is 0.903 bits per heavy atom. The molecule has 1 aliphatic rings. The molecule has 2 amide bonds. The molecule has 3 aromatic carbocycles. The minimum Gasteiger partial charge on any atom is -0.494 e.